The number of ketones is 2. The molecule has 1 saturated carbocycles. The molecule has 1 fully saturated rings. The highest BCUT2D eigenvalue weighted by atomic mass is 19.4. The number of halogens is 3. The zero-order valence-corrected chi connectivity index (χ0v) is 12.7. The number of methoxy groups -OCH3 is 1. The van der Waals surface area contributed by atoms with Gasteiger partial charge in [0.1, 0.15) is 22.6 Å². The number of pyridine rings is 1. The lowest BCUT2D eigenvalue weighted by Crippen LogP contribution is -2.27. The van der Waals surface area contributed by atoms with E-state index >= 15 is 0 Å². The summed E-state index contributed by atoms with van der Waals surface area (Å²) in [6, 6.07) is 1.57. The van der Waals surface area contributed by atoms with E-state index in [1.807, 2.05) is 0 Å². The monoisotopic (exact) mass is 341 g/mol. The van der Waals surface area contributed by atoms with Gasteiger partial charge in [0, 0.05) is 11.8 Å². The third-order valence-electron chi connectivity index (χ3n) is 4.51. The van der Waals surface area contributed by atoms with Gasteiger partial charge in [0.15, 0.2) is 5.78 Å². The van der Waals surface area contributed by atoms with Gasteiger partial charge in [0.2, 0.25) is 11.7 Å². The first-order valence-corrected chi connectivity index (χ1v) is 7.38. The van der Waals surface area contributed by atoms with Crippen LogP contribution in [0.3, 0.4) is 0 Å². The molecule has 24 heavy (non-hydrogen) atoms. The first kappa shape index (κ1) is 16.5. The van der Waals surface area contributed by atoms with Crippen molar-refractivity contribution >= 4 is 11.6 Å². The summed E-state index contributed by atoms with van der Waals surface area (Å²) >= 11 is 0. The molecule has 1 N–H and O–H groups in total. The Balaban J connectivity index is 2.02. The van der Waals surface area contributed by atoms with Gasteiger partial charge in [-0.15, -0.1) is 0 Å². The number of nitrogens with zero attached hydrogens (tertiary/aromatic N) is 1. The number of aromatic nitrogens is 1. The minimum atomic E-state index is -4.68. The molecule has 0 aromatic carbocycles. The number of fused-ring (bicyclic) bond motifs is 2. The molecule has 1 heterocycles. The van der Waals surface area contributed by atoms with Crippen LogP contribution in [-0.4, -0.2) is 28.8 Å². The fraction of sp³-hybridized carbons (Fsp3) is 0.438. The SMILES string of the molecule is COc1nc(C(=O)C2=C(O)C3CCC(C3)C2=O)ccc1C(F)(F)F. The number of aliphatic hydroxyl groups excluding tert-OH is 1. The summed E-state index contributed by atoms with van der Waals surface area (Å²) in [6.45, 7) is 0. The number of Topliss-reactive ketones (excluding diaryl/α,β-unsaturated/α-hetero) is 2. The molecule has 2 aliphatic rings. The van der Waals surface area contributed by atoms with Crippen LogP contribution >= 0.6 is 0 Å². The molecule has 1 aromatic rings. The average Bonchev–Trinajstić information content (AvgIpc) is 2.98. The van der Waals surface area contributed by atoms with Crippen molar-refractivity contribution in [1.29, 1.82) is 0 Å². The highest BCUT2D eigenvalue weighted by Crippen LogP contribution is 2.43. The number of carbonyl (C=O) groups is 2. The van der Waals surface area contributed by atoms with Crippen LogP contribution in [0.1, 0.15) is 35.3 Å². The van der Waals surface area contributed by atoms with Gasteiger partial charge < -0.3 is 9.84 Å². The summed E-state index contributed by atoms with van der Waals surface area (Å²) in [6.07, 6.45) is -2.97. The number of aliphatic hydroxyl groups is 1. The first-order chi connectivity index (χ1) is 11.2. The topological polar surface area (TPSA) is 76.5 Å². The summed E-state index contributed by atoms with van der Waals surface area (Å²) in [5.74, 6) is -2.93. The van der Waals surface area contributed by atoms with Gasteiger partial charge in [0.05, 0.1) is 7.11 Å². The number of alkyl halides is 3. The Morgan fingerprint density at radius 1 is 1.29 bits per heavy atom. The Hall–Kier alpha value is -2.38. The first-order valence-electron chi connectivity index (χ1n) is 7.38. The van der Waals surface area contributed by atoms with Crippen molar-refractivity contribution in [1.82, 2.24) is 4.98 Å². The van der Waals surface area contributed by atoms with Gasteiger partial charge in [-0.2, -0.15) is 13.2 Å². The minimum absolute atomic E-state index is 0.247. The second-order valence-electron chi connectivity index (χ2n) is 5.91. The summed E-state index contributed by atoms with van der Waals surface area (Å²) < 4.78 is 43.2. The van der Waals surface area contributed by atoms with Crippen molar-refractivity contribution in [2.75, 3.05) is 7.11 Å². The summed E-state index contributed by atoms with van der Waals surface area (Å²) in [5, 5.41) is 10.2. The van der Waals surface area contributed by atoms with Gasteiger partial charge in [-0.3, -0.25) is 9.59 Å². The van der Waals surface area contributed by atoms with Crippen LogP contribution in [0.15, 0.2) is 23.5 Å². The maximum Gasteiger partial charge on any atom is 0.421 e. The summed E-state index contributed by atoms with van der Waals surface area (Å²) in [4.78, 5) is 28.4. The lowest BCUT2D eigenvalue weighted by molar-refractivity contribution is -0.139. The van der Waals surface area contributed by atoms with Crippen LogP contribution in [0.4, 0.5) is 13.2 Å². The largest absolute Gasteiger partial charge is 0.511 e. The van der Waals surface area contributed by atoms with E-state index in [1.165, 1.54) is 0 Å². The standard InChI is InChI=1S/C16H14F3NO4/c1-24-15-9(16(17,18)19)4-5-10(20-15)14(23)11-12(21)7-2-3-8(6-7)13(11)22/h4-5,7-8,21H,2-3,6H2,1H3. The van der Waals surface area contributed by atoms with Gasteiger partial charge in [-0.05, 0) is 31.4 Å². The molecule has 8 heteroatoms. The minimum Gasteiger partial charge on any atom is -0.511 e. The molecule has 2 unspecified atom stereocenters. The Morgan fingerprint density at radius 2 is 1.96 bits per heavy atom. The third-order valence-corrected chi connectivity index (χ3v) is 4.51. The molecule has 0 radical (unpaired) electrons. The Bertz CT molecular complexity index is 754. The molecule has 2 aliphatic carbocycles. The second-order valence-corrected chi connectivity index (χ2v) is 5.91. The molecule has 128 valence electrons. The van der Waals surface area contributed by atoms with Gasteiger partial charge >= 0.3 is 6.18 Å². The smallest absolute Gasteiger partial charge is 0.421 e. The van der Waals surface area contributed by atoms with Crippen molar-refractivity contribution in [2.45, 2.75) is 25.4 Å². The van der Waals surface area contributed by atoms with E-state index in [2.05, 4.69) is 9.72 Å². The molecule has 0 spiro atoms. The molecule has 1 aromatic heterocycles. The molecule has 2 bridgehead atoms. The second kappa shape index (κ2) is 5.61. The van der Waals surface area contributed by atoms with Gasteiger partial charge in [-0.1, -0.05) is 0 Å². The molecule has 0 saturated heterocycles. The van der Waals surface area contributed by atoms with Crippen LogP contribution in [0.25, 0.3) is 0 Å². The zero-order valence-electron chi connectivity index (χ0n) is 12.7. The van der Waals surface area contributed by atoms with Crippen LogP contribution in [0.5, 0.6) is 5.88 Å². The molecule has 3 rings (SSSR count). The maximum absolute atomic E-state index is 12.8. The van der Waals surface area contributed by atoms with Crippen molar-refractivity contribution in [3.8, 4) is 5.88 Å². The van der Waals surface area contributed by atoms with E-state index < -0.39 is 29.2 Å². The van der Waals surface area contributed by atoms with E-state index in [0.717, 1.165) is 13.2 Å². The van der Waals surface area contributed by atoms with Crippen molar-refractivity contribution in [3.63, 3.8) is 0 Å². The molecular formula is C16H14F3NO4. The predicted octanol–water partition coefficient (Wildman–Crippen LogP) is 3.10. The number of ether oxygens (including phenoxy) is 1. The zero-order chi connectivity index (χ0) is 17.6. The van der Waals surface area contributed by atoms with Crippen molar-refractivity contribution < 1.29 is 32.6 Å². The molecule has 0 amide bonds. The highest BCUT2D eigenvalue weighted by molar-refractivity contribution is 6.27. The summed E-state index contributed by atoms with van der Waals surface area (Å²) in [5.41, 5.74) is -1.84. The lowest BCUT2D eigenvalue weighted by atomic mass is 9.84. The van der Waals surface area contributed by atoms with Crippen LogP contribution in [-0.2, 0) is 11.0 Å². The number of rotatable bonds is 3. The van der Waals surface area contributed by atoms with E-state index in [-0.39, 0.29) is 28.9 Å². The van der Waals surface area contributed by atoms with Crippen molar-refractivity contribution in [3.05, 3.63) is 34.7 Å². The molecule has 5 nitrogen and oxygen atoms in total. The molecular weight excluding hydrogens is 327 g/mol. The number of carbonyl (C=O) groups excluding carboxylic acids is 2. The van der Waals surface area contributed by atoms with E-state index in [4.69, 9.17) is 0 Å². The normalized spacial score (nSPS) is 23.6. The predicted molar refractivity (Wildman–Crippen MR) is 75.6 cm³/mol. The lowest BCUT2D eigenvalue weighted by Gasteiger charge is -2.20. The molecule has 2 atom stereocenters. The van der Waals surface area contributed by atoms with E-state index in [1.54, 1.807) is 0 Å². The number of hydrogen-bond donors (Lipinski definition) is 1. The average molecular weight is 341 g/mol. The number of allylic oxidation sites excluding steroid dienone is 2. The maximum atomic E-state index is 12.8. The quantitative estimate of drug-likeness (QED) is 0.675. The summed E-state index contributed by atoms with van der Waals surface area (Å²) in [7, 11) is 1.01. The van der Waals surface area contributed by atoms with Crippen LogP contribution < -0.4 is 4.74 Å². The Kier molecular flexibility index (Phi) is 3.85. The third kappa shape index (κ3) is 2.55. The number of hydrogen-bond acceptors (Lipinski definition) is 5. The van der Waals surface area contributed by atoms with Crippen LogP contribution in [0, 0.1) is 11.8 Å². The van der Waals surface area contributed by atoms with Crippen molar-refractivity contribution in [2.24, 2.45) is 11.8 Å². The highest BCUT2D eigenvalue weighted by Gasteiger charge is 2.44. The fourth-order valence-electron chi connectivity index (χ4n) is 3.30. The Morgan fingerprint density at radius 3 is 2.58 bits per heavy atom. The van der Waals surface area contributed by atoms with Gasteiger partial charge in [0.25, 0.3) is 0 Å². The van der Waals surface area contributed by atoms with Gasteiger partial charge in [-0.25, -0.2) is 4.98 Å². The Labute approximate surface area is 135 Å². The molecule has 0 aliphatic heterocycles. The van der Waals surface area contributed by atoms with E-state index in [9.17, 15) is 27.9 Å². The fourth-order valence-corrected chi connectivity index (χ4v) is 3.30. The van der Waals surface area contributed by atoms with Crippen LogP contribution in [0.2, 0.25) is 0 Å². The van der Waals surface area contributed by atoms with E-state index in [0.29, 0.717) is 25.3 Å².